The zero-order valence-corrected chi connectivity index (χ0v) is 14.9. The van der Waals surface area contributed by atoms with Crippen molar-refractivity contribution in [1.82, 2.24) is 0 Å². The van der Waals surface area contributed by atoms with E-state index >= 15 is 0 Å². The third kappa shape index (κ3) is 3.36. The first-order chi connectivity index (χ1) is 11.8. The summed E-state index contributed by atoms with van der Waals surface area (Å²) in [6.45, 7) is 0.987. The molecule has 0 fully saturated rings. The number of fused-ring (bicyclic) bond motifs is 2. The molecule has 1 heterocycles. The number of rotatable bonds is 3. The van der Waals surface area contributed by atoms with Crippen molar-refractivity contribution in [2.45, 2.75) is 28.8 Å². The standard InChI is InChI=1S/C21H18ClNS/c22-17-10-11-20-16(12-17)13-19(18-8-4-5-9-21(18)24-20)23-14-15-6-2-1-3-7-15/h1-12,19,23H,13-14H2/p+1/t19-/m0/s1. The summed E-state index contributed by atoms with van der Waals surface area (Å²) in [4.78, 5) is 2.68. The summed E-state index contributed by atoms with van der Waals surface area (Å²) in [5.74, 6) is 0. The van der Waals surface area contributed by atoms with Crippen LogP contribution in [0.4, 0.5) is 0 Å². The van der Waals surface area contributed by atoms with Gasteiger partial charge in [0.15, 0.2) is 0 Å². The van der Waals surface area contributed by atoms with E-state index in [1.165, 1.54) is 26.5 Å². The number of quaternary nitrogens is 1. The van der Waals surface area contributed by atoms with Gasteiger partial charge in [-0.1, -0.05) is 71.9 Å². The number of hydrogen-bond donors (Lipinski definition) is 1. The molecule has 0 saturated heterocycles. The maximum Gasteiger partial charge on any atom is 0.117 e. The van der Waals surface area contributed by atoms with Gasteiger partial charge < -0.3 is 5.32 Å². The van der Waals surface area contributed by atoms with E-state index in [9.17, 15) is 0 Å². The lowest BCUT2D eigenvalue weighted by atomic mass is 9.98. The van der Waals surface area contributed by atoms with Gasteiger partial charge in [0, 0.05) is 32.4 Å². The zero-order chi connectivity index (χ0) is 16.4. The Kier molecular flexibility index (Phi) is 4.61. The van der Waals surface area contributed by atoms with Gasteiger partial charge in [-0.2, -0.15) is 0 Å². The average molecular weight is 353 g/mol. The fraction of sp³-hybridized carbons (Fsp3) is 0.143. The van der Waals surface area contributed by atoms with Gasteiger partial charge in [0.05, 0.1) is 0 Å². The smallest absolute Gasteiger partial charge is 0.117 e. The quantitative estimate of drug-likeness (QED) is 0.712. The minimum absolute atomic E-state index is 0.411. The summed E-state index contributed by atoms with van der Waals surface area (Å²) in [6.07, 6.45) is 1.01. The molecule has 0 saturated carbocycles. The monoisotopic (exact) mass is 352 g/mol. The van der Waals surface area contributed by atoms with Crippen LogP contribution < -0.4 is 5.32 Å². The van der Waals surface area contributed by atoms with Gasteiger partial charge in [0.1, 0.15) is 12.6 Å². The van der Waals surface area contributed by atoms with Gasteiger partial charge in [0.25, 0.3) is 0 Å². The highest BCUT2D eigenvalue weighted by atomic mass is 35.5. The largest absolute Gasteiger partial charge is 0.336 e. The minimum Gasteiger partial charge on any atom is -0.336 e. The van der Waals surface area contributed by atoms with Crippen LogP contribution in [-0.2, 0) is 13.0 Å². The van der Waals surface area contributed by atoms with Gasteiger partial charge in [-0.05, 0) is 29.8 Å². The molecule has 24 heavy (non-hydrogen) atoms. The Morgan fingerprint density at radius 1 is 0.917 bits per heavy atom. The lowest BCUT2D eigenvalue weighted by Crippen LogP contribution is -2.84. The highest BCUT2D eigenvalue weighted by Gasteiger charge is 2.25. The Labute approximate surface area is 152 Å². The molecule has 0 spiro atoms. The van der Waals surface area contributed by atoms with Gasteiger partial charge in [-0.25, -0.2) is 0 Å². The first-order valence-corrected chi connectivity index (χ1v) is 9.41. The summed E-state index contributed by atoms with van der Waals surface area (Å²) < 4.78 is 0. The number of nitrogens with two attached hydrogens (primary N) is 1. The molecular weight excluding hydrogens is 334 g/mol. The van der Waals surface area contributed by atoms with Crippen LogP contribution in [0, 0.1) is 0 Å². The van der Waals surface area contributed by atoms with E-state index in [4.69, 9.17) is 11.6 Å². The van der Waals surface area contributed by atoms with Crippen molar-refractivity contribution in [3.05, 3.63) is 94.5 Å². The van der Waals surface area contributed by atoms with E-state index in [1.807, 2.05) is 17.8 Å². The molecule has 0 unspecified atom stereocenters. The average Bonchev–Trinajstić information content (AvgIpc) is 2.77. The molecule has 0 aliphatic carbocycles. The number of benzene rings is 3. The van der Waals surface area contributed by atoms with Crippen molar-refractivity contribution >= 4 is 23.4 Å². The summed E-state index contributed by atoms with van der Waals surface area (Å²) in [5, 5.41) is 3.27. The fourth-order valence-corrected chi connectivity index (χ4v) is 4.58. The van der Waals surface area contributed by atoms with Crippen LogP contribution in [0.3, 0.4) is 0 Å². The molecule has 0 aromatic heterocycles. The first kappa shape index (κ1) is 15.8. The number of hydrogen-bond acceptors (Lipinski definition) is 1. The van der Waals surface area contributed by atoms with E-state index in [1.54, 1.807) is 0 Å². The van der Waals surface area contributed by atoms with Crippen molar-refractivity contribution in [3.8, 4) is 0 Å². The third-order valence-electron chi connectivity index (χ3n) is 4.48. The van der Waals surface area contributed by atoms with E-state index in [0.29, 0.717) is 6.04 Å². The third-order valence-corrected chi connectivity index (χ3v) is 5.93. The lowest BCUT2D eigenvalue weighted by Gasteiger charge is -2.16. The lowest BCUT2D eigenvalue weighted by molar-refractivity contribution is -0.711. The zero-order valence-electron chi connectivity index (χ0n) is 13.3. The molecule has 3 aromatic rings. The second kappa shape index (κ2) is 7.02. The topological polar surface area (TPSA) is 16.6 Å². The summed E-state index contributed by atoms with van der Waals surface area (Å²) in [5.41, 5.74) is 4.13. The molecule has 2 N–H and O–H groups in total. The van der Waals surface area contributed by atoms with Crippen LogP contribution in [0.25, 0.3) is 0 Å². The van der Waals surface area contributed by atoms with Crippen molar-refractivity contribution in [2.24, 2.45) is 0 Å². The minimum atomic E-state index is 0.411. The molecule has 0 amide bonds. The Balaban J connectivity index is 1.66. The molecule has 0 bridgehead atoms. The van der Waals surface area contributed by atoms with Gasteiger partial charge >= 0.3 is 0 Å². The van der Waals surface area contributed by atoms with Crippen LogP contribution in [0.2, 0.25) is 5.02 Å². The SMILES string of the molecule is Clc1ccc2c(c1)C[C@H]([NH2+]Cc1ccccc1)c1ccccc1S2. The van der Waals surface area contributed by atoms with Gasteiger partial charge in [-0.15, -0.1) is 0 Å². The molecule has 3 heteroatoms. The van der Waals surface area contributed by atoms with Crippen molar-refractivity contribution in [2.75, 3.05) is 0 Å². The number of halogens is 1. The Hall–Kier alpha value is -1.74. The molecule has 0 radical (unpaired) electrons. The van der Waals surface area contributed by atoms with Crippen molar-refractivity contribution < 1.29 is 5.32 Å². The summed E-state index contributed by atoms with van der Waals surface area (Å²) in [6, 6.07) is 26.1. The van der Waals surface area contributed by atoms with Crippen molar-refractivity contribution in [1.29, 1.82) is 0 Å². The van der Waals surface area contributed by atoms with E-state index in [2.05, 4.69) is 72.0 Å². The normalized spacial score (nSPS) is 16.1. The second-order valence-corrected chi connectivity index (χ2v) is 7.65. The molecule has 1 atom stereocenters. The molecule has 4 rings (SSSR count). The fourth-order valence-electron chi connectivity index (χ4n) is 3.25. The Bertz CT molecular complexity index is 847. The molecule has 1 aliphatic rings. The predicted molar refractivity (Wildman–Crippen MR) is 101 cm³/mol. The van der Waals surface area contributed by atoms with Crippen LogP contribution >= 0.6 is 23.4 Å². The van der Waals surface area contributed by atoms with Crippen LogP contribution in [0.5, 0.6) is 0 Å². The second-order valence-electron chi connectivity index (χ2n) is 6.13. The maximum absolute atomic E-state index is 6.24. The van der Waals surface area contributed by atoms with E-state index in [0.717, 1.165) is 18.0 Å². The molecule has 120 valence electrons. The maximum atomic E-state index is 6.24. The predicted octanol–water partition coefficient (Wildman–Crippen LogP) is 4.85. The highest BCUT2D eigenvalue weighted by Crippen LogP contribution is 2.40. The van der Waals surface area contributed by atoms with Crippen LogP contribution in [-0.4, -0.2) is 0 Å². The Morgan fingerprint density at radius 3 is 2.58 bits per heavy atom. The molecular formula is C21H19ClNS+. The van der Waals surface area contributed by atoms with Crippen LogP contribution in [0.15, 0.2) is 82.6 Å². The molecule has 1 aliphatic heterocycles. The van der Waals surface area contributed by atoms with Gasteiger partial charge in [0.2, 0.25) is 0 Å². The van der Waals surface area contributed by atoms with E-state index in [-0.39, 0.29) is 0 Å². The van der Waals surface area contributed by atoms with Crippen LogP contribution in [0.1, 0.15) is 22.7 Å². The molecule has 3 aromatic carbocycles. The van der Waals surface area contributed by atoms with Gasteiger partial charge in [-0.3, -0.25) is 0 Å². The van der Waals surface area contributed by atoms with E-state index < -0.39 is 0 Å². The Morgan fingerprint density at radius 2 is 1.71 bits per heavy atom. The molecule has 1 nitrogen and oxygen atoms in total. The summed E-state index contributed by atoms with van der Waals surface area (Å²) >= 11 is 8.10. The van der Waals surface area contributed by atoms with Crippen molar-refractivity contribution in [3.63, 3.8) is 0 Å². The first-order valence-electron chi connectivity index (χ1n) is 8.22. The highest BCUT2D eigenvalue weighted by molar-refractivity contribution is 7.99. The summed E-state index contributed by atoms with van der Waals surface area (Å²) in [7, 11) is 0.